The lowest BCUT2D eigenvalue weighted by molar-refractivity contribution is -0.140. The molecule has 0 aromatic heterocycles. The van der Waals surface area contributed by atoms with Gasteiger partial charge in [-0.15, -0.1) is 0 Å². The molecule has 0 saturated carbocycles. The van der Waals surface area contributed by atoms with Crippen LogP contribution in [0.5, 0.6) is 0 Å². The van der Waals surface area contributed by atoms with Crippen molar-refractivity contribution in [2.45, 2.75) is 32.2 Å². The number of hydrogen-bond donors (Lipinski definition) is 0. The topological polar surface area (TPSA) is 38.8 Å². The minimum Gasteiger partial charge on any atom is -0.461 e. The van der Waals surface area contributed by atoms with E-state index in [1.54, 1.807) is 0 Å². The molecule has 1 aliphatic rings. The molecule has 0 bridgehead atoms. The van der Waals surface area contributed by atoms with Crippen molar-refractivity contribution in [2.24, 2.45) is 0 Å². The van der Waals surface area contributed by atoms with E-state index in [2.05, 4.69) is 18.4 Å². The average molecular weight is 241 g/mol. The second-order valence-electron chi connectivity index (χ2n) is 4.28. The van der Waals surface area contributed by atoms with E-state index in [0.29, 0.717) is 12.6 Å². The predicted molar refractivity (Wildman–Crippen MR) is 66.9 cm³/mol. The number of carbonyl (C=O) groups is 1. The van der Waals surface area contributed by atoms with Gasteiger partial charge < -0.3 is 9.47 Å². The van der Waals surface area contributed by atoms with Crippen LogP contribution in [-0.2, 0) is 14.3 Å². The van der Waals surface area contributed by atoms with Crippen molar-refractivity contribution in [3.63, 3.8) is 0 Å². The number of rotatable bonds is 7. The Morgan fingerprint density at radius 2 is 2.24 bits per heavy atom. The van der Waals surface area contributed by atoms with E-state index < -0.39 is 0 Å². The van der Waals surface area contributed by atoms with Crippen LogP contribution in [0.4, 0.5) is 0 Å². The first-order valence-corrected chi connectivity index (χ1v) is 6.39. The van der Waals surface area contributed by atoms with Crippen molar-refractivity contribution < 1.29 is 14.3 Å². The zero-order chi connectivity index (χ0) is 12.5. The maximum atomic E-state index is 11.1. The lowest BCUT2D eigenvalue weighted by atomic mass is 10.1. The fourth-order valence-electron chi connectivity index (χ4n) is 1.99. The number of carbonyl (C=O) groups excluding carboxylic acids is 1. The molecule has 1 atom stereocenters. The van der Waals surface area contributed by atoms with Gasteiger partial charge in [0.2, 0.25) is 0 Å². The molecule has 98 valence electrons. The summed E-state index contributed by atoms with van der Waals surface area (Å²) in [6.45, 7) is 9.45. The van der Waals surface area contributed by atoms with Gasteiger partial charge in [-0.2, -0.15) is 0 Å². The first-order chi connectivity index (χ1) is 8.27. The molecule has 1 aliphatic heterocycles. The van der Waals surface area contributed by atoms with Crippen LogP contribution < -0.4 is 0 Å². The van der Waals surface area contributed by atoms with Gasteiger partial charge >= 0.3 is 5.97 Å². The summed E-state index contributed by atoms with van der Waals surface area (Å²) >= 11 is 0. The highest BCUT2D eigenvalue weighted by molar-refractivity contribution is 5.81. The Balaban J connectivity index is 2.40. The van der Waals surface area contributed by atoms with Gasteiger partial charge in [-0.3, -0.25) is 4.90 Å². The van der Waals surface area contributed by atoms with Gasteiger partial charge in [-0.25, -0.2) is 4.79 Å². The smallest absolute Gasteiger partial charge is 0.330 e. The third-order valence-electron chi connectivity index (χ3n) is 3.04. The van der Waals surface area contributed by atoms with Gasteiger partial charge in [0.05, 0.1) is 13.2 Å². The van der Waals surface area contributed by atoms with Crippen LogP contribution in [0.15, 0.2) is 12.7 Å². The molecule has 0 aliphatic carbocycles. The molecule has 1 fully saturated rings. The van der Waals surface area contributed by atoms with Crippen LogP contribution in [0.25, 0.3) is 0 Å². The SMILES string of the molecule is C=CC(=O)OCC(CCCC)N1CCOCC1. The second kappa shape index (κ2) is 8.25. The van der Waals surface area contributed by atoms with Crippen LogP contribution in [0.1, 0.15) is 26.2 Å². The van der Waals surface area contributed by atoms with E-state index in [9.17, 15) is 4.79 Å². The quantitative estimate of drug-likeness (QED) is 0.501. The Kier molecular flexibility index (Phi) is 6.89. The van der Waals surface area contributed by atoms with Crippen molar-refractivity contribution in [1.29, 1.82) is 0 Å². The van der Waals surface area contributed by atoms with Crippen LogP contribution in [0.2, 0.25) is 0 Å². The standard InChI is InChI=1S/C13H23NO3/c1-3-5-6-12(11-17-13(15)4-2)14-7-9-16-10-8-14/h4,12H,2-3,5-11H2,1H3. The summed E-state index contributed by atoms with van der Waals surface area (Å²) in [5.41, 5.74) is 0. The Morgan fingerprint density at radius 3 is 2.82 bits per heavy atom. The first kappa shape index (κ1) is 14.2. The number of esters is 1. The highest BCUT2D eigenvalue weighted by atomic mass is 16.5. The number of unbranched alkanes of at least 4 members (excludes halogenated alkanes) is 1. The van der Waals surface area contributed by atoms with Gasteiger partial charge in [0.15, 0.2) is 0 Å². The van der Waals surface area contributed by atoms with Crippen molar-refractivity contribution in [2.75, 3.05) is 32.9 Å². The number of ether oxygens (including phenoxy) is 2. The summed E-state index contributed by atoms with van der Waals surface area (Å²) in [6.07, 6.45) is 4.61. The fourth-order valence-corrected chi connectivity index (χ4v) is 1.99. The molecule has 1 heterocycles. The molecule has 0 amide bonds. The third kappa shape index (κ3) is 5.33. The summed E-state index contributed by atoms with van der Waals surface area (Å²) in [6, 6.07) is 0.322. The summed E-state index contributed by atoms with van der Waals surface area (Å²) in [7, 11) is 0. The lowest BCUT2D eigenvalue weighted by Crippen LogP contribution is -2.45. The van der Waals surface area contributed by atoms with E-state index in [0.717, 1.165) is 45.6 Å². The monoisotopic (exact) mass is 241 g/mol. The molecule has 1 unspecified atom stereocenters. The van der Waals surface area contributed by atoms with E-state index in [1.165, 1.54) is 6.08 Å². The van der Waals surface area contributed by atoms with Crippen LogP contribution in [0.3, 0.4) is 0 Å². The second-order valence-corrected chi connectivity index (χ2v) is 4.28. The maximum absolute atomic E-state index is 11.1. The number of morpholine rings is 1. The molecule has 1 saturated heterocycles. The molecular formula is C13H23NO3. The molecule has 17 heavy (non-hydrogen) atoms. The molecule has 1 rings (SSSR count). The predicted octanol–water partition coefficient (Wildman–Crippen LogP) is 1.61. The van der Waals surface area contributed by atoms with E-state index in [4.69, 9.17) is 9.47 Å². The largest absolute Gasteiger partial charge is 0.461 e. The van der Waals surface area contributed by atoms with E-state index in [1.807, 2.05) is 0 Å². The van der Waals surface area contributed by atoms with Gasteiger partial charge in [-0.1, -0.05) is 26.3 Å². The van der Waals surface area contributed by atoms with Crippen molar-refractivity contribution in [3.8, 4) is 0 Å². The molecule has 4 heteroatoms. The molecule has 0 aromatic carbocycles. The Labute approximate surface area is 104 Å². The first-order valence-electron chi connectivity index (χ1n) is 6.39. The average Bonchev–Trinajstić information content (AvgIpc) is 2.39. The zero-order valence-corrected chi connectivity index (χ0v) is 10.7. The number of nitrogens with zero attached hydrogens (tertiary/aromatic N) is 1. The maximum Gasteiger partial charge on any atom is 0.330 e. The van der Waals surface area contributed by atoms with Crippen LogP contribution in [-0.4, -0.2) is 49.8 Å². The molecule has 0 radical (unpaired) electrons. The van der Waals surface area contributed by atoms with Gasteiger partial charge in [0.25, 0.3) is 0 Å². The molecule has 0 spiro atoms. The Morgan fingerprint density at radius 1 is 1.53 bits per heavy atom. The molecular weight excluding hydrogens is 218 g/mol. The number of hydrogen-bond acceptors (Lipinski definition) is 4. The highest BCUT2D eigenvalue weighted by Crippen LogP contribution is 2.12. The minimum atomic E-state index is -0.334. The van der Waals surface area contributed by atoms with Gasteiger partial charge in [-0.05, 0) is 6.42 Å². The van der Waals surface area contributed by atoms with Gasteiger partial charge in [0.1, 0.15) is 6.61 Å². The minimum absolute atomic E-state index is 0.322. The van der Waals surface area contributed by atoms with Crippen molar-refractivity contribution >= 4 is 5.97 Å². The van der Waals surface area contributed by atoms with E-state index in [-0.39, 0.29) is 5.97 Å². The van der Waals surface area contributed by atoms with Gasteiger partial charge in [0, 0.05) is 25.2 Å². The van der Waals surface area contributed by atoms with Crippen LogP contribution >= 0.6 is 0 Å². The Bertz CT molecular complexity index is 237. The van der Waals surface area contributed by atoms with Crippen molar-refractivity contribution in [3.05, 3.63) is 12.7 Å². The summed E-state index contributed by atoms with van der Waals surface area (Å²) in [5, 5.41) is 0. The van der Waals surface area contributed by atoms with Crippen molar-refractivity contribution in [1.82, 2.24) is 4.90 Å². The Hall–Kier alpha value is -0.870. The summed E-state index contributed by atoms with van der Waals surface area (Å²) in [4.78, 5) is 13.4. The molecule has 4 nitrogen and oxygen atoms in total. The highest BCUT2D eigenvalue weighted by Gasteiger charge is 2.21. The molecule has 0 N–H and O–H groups in total. The third-order valence-corrected chi connectivity index (χ3v) is 3.04. The molecule has 0 aromatic rings. The van der Waals surface area contributed by atoms with E-state index >= 15 is 0 Å². The summed E-state index contributed by atoms with van der Waals surface area (Å²) in [5.74, 6) is -0.334. The normalized spacial score (nSPS) is 18.6. The zero-order valence-electron chi connectivity index (χ0n) is 10.7. The summed E-state index contributed by atoms with van der Waals surface area (Å²) < 4.78 is 10.5. The lowest BCUT2D eigenvalue weighted by Gasteiger charge is -2.34. The fraction of sp³-hybridized carbons (Fsp3) is 0.769. The van der Waals surface area contributed by atoms with Crippen LogP contribution in [0, 0.1) is 0 Å².